The van der Waals surface area contributed by atoms with Crippen molar-refractivity contribution in [3.8, 4) is 0 Å². The maximum Gasteiger partial charge on any atom is 0.272 e. The van der Waals surface area contributed by atoms with Crippen molar-refractivity contribution < 1.29 is 14.6 Å². The number of aliphatic hydroxyl groups is 1. The van der Waals surface area contributed by atoms with Gasteiger partial charge in [-0.1, -0.05) is 13.3 Å². The minimum absolute atomic E-state index is 0.0439. The van der Waals surface area contributed by atoms with Gasteiger partial charge in [0.05, 0.1) is 12.6 Å². The van der Waals surface area contributed by atoms with E-state index in [4.69, 9.17) is 9.84 Å². The first-order valence-corrected chi connectivity index (χ1v) is 7.11. The van der Waals surface area contributed by atoms with Gasteiger partial charge in [0.1, 0.15) is 5.69 Å². The number of aryl methyl sites for hydroxylation is 1. The van der Waals surface area contributed by atoms with Gasteiger partial charge in [0, 0.05) is 26.3 Å². The van der Waals surface area contributed by atoms with Crippen LogP contribution in [0.4, 0.5) is 0 Å². The molecule has 1 aromatic rings. The summed E-state index contributed by atoms with van der Waals surface area (Å²) in [5.41, 5.74) is -0.0338. The lowest BCUT2D eigenvalue weighted by atomic mass is 10.2. The first-order chi connectivity index (χ1) is 10.1. The number of nitrogens with zero attached hydrogens (tertiary/aromatic N) is 2. The summed E-state index contributed by atoms with van der Waals surface area (Å²) < 4.78 is 6.29. The van der Waals surface area contributed by atoms with Crippen molar-refractivity contribution in [2.24, 2.45) is 0 Å². The van der Waals surface area contributed by atoms with Gasteiger partial charge in [-0.2, -0.15) is 5.10 Å². The normalized spacial score (nSPS) is 12.1. The van der Waals surface area contributed by atoms with Gasteiger partial charge in [0.2, 0.25) is 0 Å². The van der Waals surface area contributed by atoms with E-state index in [0.717, 1.165) is 12.8 Å². The van der Waals surface area contributed by atoms with E-state index < -0.39 is 0 Å². The van der Waals surface area contributed by atoms with Gasteiger partial charge < -0.3 is 15.2 Å². The molecule has 2 N–H and O–H groups in total. The molecule has 7 nitrogen and oxygen atoms in total. The topological polar surface area (TPSA) is 93.5 Å². The number of carbonyl (C=O) groups is 1. The molecule has 1 aromatic heterocycles. The number of unbranched alkanes of at least 4 members (excludes halogenated alkanes) is 1. The molecule has 0 saturated heterocycles. The van der Waals surface area contributed by atoms with Gasteiger partial charge in [-0.3, -0.25) is 9.59 Å². The first-order valence-electron chi connectivity index (χ1n) is 7.11. The third-order valence-electron chi connectivity index (χ3n) is 3.00. The quantitative estimate of drug-likeness (QED) is 0.678. The van der Waals surface area contributed by atoms with Gasteiger partial charge in [-0.15, -0.1) is 0 Å². The Morgan fingerprint density at radius 1 is 1.52 bits per heavy atom. The standard InChI is InChI=1S/C14H23N3O4/c1-3-4-8-17-13(19)6-5-12(16-17)14(20)15-11(7-9-18)10-21-2/h5-6,11,18H,3-4,7-10H2,1-2H3,(H,15,20). The third kappa shape index (κ3) is 5.65. The summed E-state index contributed by atoms with van der Waals surface area (Å²) in [5, 5.41) is 15.8. The molecule has 0 bridgehead atoms. The molecule has 0 aliphatic carbocycles. The summed E-state index contributed by atoms with van der Waals surface area (Å²) in [5.74, 6) is -0.379. The van der Waals surface area contributed by atoms with E-state index >= 15 is 0 Å². The highest BCUT2D eigenvalue weighted by molar-refractivity contribution is 5.92. The Labute approximate surface area is 123 Å². The molecule has 1 amide bonds. The third-order valence-corrected chi connectivity index (χ3v) is 3.00. The van der Waals surface area contributed by atoms with E-state index in [1.54, 1.807) is 0 Å². The van der Waals surface area contributed by atoms with Gasteiger partial charge in [0.25, 0.3) is 11.5 Å². The SMILES string of the molecule is CCCCn1nc(C(=O)NC(CCO)COC)ccc1=O. The summed E-state index contributed by atoms with van der Waals surface area (Å²) in [4.78, 5) is 23.8. The molecule has 0 aromatic carbocycles. The fourth-order valence-corrected chi connectivity index (χ4v) is 1.85. The lowest BCUT2D eigenvalue weighted by molar-refractivity contribution is 0.0871. The van der Waals surface area contributed by atoms with Crippen molar-refractivity contribution in [1.29, 1.82) is 0 Å². The summed E-state index contributed by atoms with van der Waals surface area (Å²) in [6.45, 7) is 2.78. The molecule has 1 atom stereocenters. The fraction of sp³-hybridized carbons (Fsp3) is 0.643. The van der Waals surface area contributed by atoms with E-state index in [-0.39, 0.29) is 29.8 Å². The van der Waals surface area contributed by atoms with Gasteiger partial charge in [-0.05, 0) is 18.9 Å². The van der Waals surface area contributed by atoms with Crippen molar-refractivity contribution in [2.45, 2.75) is 38.8 Å². The molecule has 0 aliphatic heterocycles. The van der Waals surface area contributed by atoms with Crippen LogP contribution in [0, 0.1) is 0 Å². The van der Waals surface area contributed by atoms with Crippen molar-refractivity contribution in [2.75, 3.05) is 20.3 Å². The van der Waals surface area contributed by atoms with Crippen molar-refractivity contribution in [3.63, 3.8) is 0 Å². The predicted molar refractivity (Wildman–Crippen MR) is 78.2 cm³/mol. The zero-order chi connectivity index (χ0) is 15.7. The number of nitrogens with one attached hydrogen (secondary N) is 1. The van der Waals surface area contributed by atoms with E-state index in [1.807, 2.05) is 6.92 Å². The Bertz CT molecular complexity index is 495. The monoisotopic (exact) mass is 297 g/mol. The van der Waals surface area contributed by atoms with E-state index in [1.165, 1.54) is 23.9 Å². The number of hydrogen-bond acceptors (Lipinski definition) is 5. The highest BCUT2D eigenvalue weighted by atomic mass is 16.5. The van der Waals surface area contributed by atoms with Crippen LogP contribution in [0.2, 0.25) is 0 Å². The molecule has 1 heterocycles. The minimum atomic E-state index is -0.379. The molecule has 7 heteroatoms. The summed E-state index contributed by atoms with van der Waals surface area (Å²) in [6, 6.07) is 2.46. The van der Waals surface area contributed by atoms with Crippen LogP contribution < -0.4 is 10.9 Å². The van der Waals surface area contributed by atoms with Gasteiger partial charge in [-0.25, -0.2) is 4.68 Å². The van der Waals surface area contributed by atoms with Crippen LogP contribution in [0.1, 0.15) is 36.7 Å². The highest BCUT2D eigenvalue weighted by Crippen LogP contribution is 1.98. The molecule has 0 spiro atoms. The number of ether oxygens (including phenoxy) is 1. The number of carbonyl (C=O) groups excluding carboxylic acids is 1. The molecule has 1 unspecified atom stereocenters. The van der Waals surface area contributed by atoms with Crippen LogP contribution >= 0.6 is 0 Å². The Morgan fingerprint density at radius 3 is 2.90 bits per heavy atom. The number of rotatable bonds is 9. The van der Waals surface area contributed by atoms with Crippen LogP contribution in [-0.4, -0.2) is 47.2 Å². The molecular formula is C14H23N3O4. The molecular weight excluding hydrogens is 274 g/mol. The zero-order valence-electron chi connectivity index (χ0n) is 12.5. The lowest BCUT2D eigenvalue weighted by Gasteiger charge is -2.16. The fourth-order valence-electron chi connectivity index (χ4n) is 1.85. The first kappa shape index (κ1) is 17.3. The van der Waals surface area contributed by atoms with E-state index in [0.29, 0.717) is 19.6 Å². The van der Waals surface area contributed by atoms with Crippen molar-refractivity contribution >= 4 is 5.91 Å². The van der Waals surface area contributed by atoms with E-state index in [2.05, 4.69) is 10.4 Å². The maximum atomic E-state index is 12.1. The number of methoxy groups -OCH3 is 1. The second-order valence-corrected chi connectivity index (χ2v) is 4.77. The second-order valence-electron chi connectivity index (χ2n) is 4.77. The number of aromatic nitrogens is 2. The largest absolute Gasteiger partial charge is 0.396 e. The summed E-state index contributed by atoms with van der Waals surface area (Å²) in [7, 11) is 1.53. The van der Waals surface area contributed by atoms with Crippen LogP contribution in [-0.2, 0) is 11.3 Å². The Balaban J connectivity index is 2.79. The molecule has 0 fully saturated rings. The van der Waals surface area contributed by atoms with Crippen molar-refractivity contribution in [3.05, 3.63) is 28.2 Å². The van der Waals surface area contributed by atoms with Crippen LogP contribution in [0.15, 0.2) is 16.9 Å². The molecule has 1 rings (SSSR count). The average molecular weight is 297 g/mol. The van der Waals surface area contributed by atoms with Crippen LogP contribution in [0.25, 0.3) is 0 Å². The molecule has 0 saturated carbocycles. The molecule has 118 valence electrons. The van der Waals surface area contributed by atoms with Crippen LogP contribution in [0.5, 0.6) is 0 Å². The number of hydrogen-bond donors (Lipinski definition) is 2. The molecule has 21 heavy (non-hydrogen) atoms. The average Bonchev–Trinajstić information content (AvgIpc) is 2.47. The highest BCUT2D eigenvalue weighted by Gasteiger charge is 2.15. The number of amides is 1. The number of aliphatic hydroxyl groups excluding tert-OH is 1. The van der Waals surface area contributed by atoms with Gasteiger partial charge >= 0.3 is 0 Å². The maximum absolute atomic E-state index is 12.1. The lowest BCUT2D eigenvalue weighted by Crippen LogP contribution is -2.40. The van der Waals surface area contributed by atoms with E-state index in [9.17, 15) is 9.59 Å². The summed E-state index contributed by atoms with van der Waals surface area (Å²) in [6.07, 6.45) is 2.17. The van der Waals surface area contributed by atoms with Crippen LogP contribution in [0.3, 0.4) is 0 Å². The zero-order valence-corrected chi connectivity index (χ0v) is 12.5. The summed E-state index contributed by atoms with van der Waals surface area (Å²) >= 11 is 0. The Hall–Kier alpha value is -1.73. The minimum Gasteiger partial charge on any atom is -0.396 e. The second kappa shape index (κ2) is 9.25. The molecule has 0 aliphatic rings. The van der Waals surface area contributed by atoms with Crippen molar-refractivity contribution in [1.82, 2.24) is 15.1 Å². The van der Waals surface area contributed by atoms with Gasteiger partial charge in [0.15, 0.2) is 0 Å². The smallest absolute Gasteiger partial charge is 0.272 e. The predicted octanol–water partition coefficient (Wildman–Crippen LogP) is 0.171. The molecule has 0 radical (unpaired) electrons. The Kier molecular flexibility index (Phi) is 7.63. The Morgan fingerprint density at radius 2 is 2.29 bits per heavy atom.